The highest BCUT2D eigenvalue weighted by Gasteiger charge is 2.27. The zero-order valence-corrected chi connectivity index (χ0v) is 12.6. The standard InChI is InChI=1S/C17H24F3N/c1-2-9-21-17(12-7-5-3-4-6-8-12)13-10-15(19)16(20)11-14(13)18/h10-12,17,21H,2-9H2,1H3. The largest absolute Gasteiger partial charge is 0.310 e. The van der Waals surface area contributed by atoms with Crippen LogP contribution in [0.5, 0.6) is 0 Å². The van der Waals surface area contributed by atoms with Gasteiger partial charge in [-0.1, -0.05) is 32.6 Å². The van der Waals surface area contributed by atoms with Crippen LogP contribution in [0.25, 0.3) is 0 Å². The first-order valence-electron chi connectivity index (χ1n) is 8.01. The highest BCUT2D eigenvalue weighted by molar-refractivity contribution is 5.24. The minimum absolute atomic E-state index is 0.224. The molecule has 2 rings (SSSR count). The molecule has 21 heavy (non-hydrogen) atoms. The van der Waals surface area contributed by atoms with E-state index in [0.29, 0.717) is 12.0 Å². The predicted molar refractivity (Wildman–Crippen MR) is 78.5 cm³/mol. The summed E-state index contributed by atoms with van der Waals surface area (Å²) in [4.78, 5) is 0. The Labute approximate surface area is 124 Å². The fourth-order valence-corrected chi connectivity index (χ4v) is 3.25. The topological polar surface area (TPSA) is 12.0 Å². The minimum atomic E-state index is -1.12. The van der Waals surface area contributed by atoms with Gasteiger partial charge in [0.05, 0.1) is 0 Å². The quantitative estimate of drug-likeness (QED) is 0.588. The molecule has 1 aliphatic carbocycles. The average Bonchev–Trinajstić information content (AvgIpc) is 2.74. The van der Waals surface area contributed by atoms with Crippen LogP contribution in [-0.2, 0) is 0 Å². The fraction of sp³-hybridized carbons (Fsp3) is 0.647. The molecule has 1 fully saturated rings. The van der Waals surface area contributed by atoms with E-state index in [4.69, 9.17) is 0 Å². The first kappa shape index (κ1) is 16.3. The normalized spacial score (nSPS) is 18.5. The lowest BCUT2D eigenvalue weighted by molar-refractivity contribution is 0.316. The summed E-state index contributed by atoms with van der Waals surface area (Å²) < 4.78 is 40.8. The summed E-state index contributed by atoms with van der Waals surface area (Å²) in [6.45, 7) is 2.79. The Morgan fingerprint density at radius 1 is 1.00 bits per heavy atom. The molecule has 1 aromatic rings. The molecular formula is C17H24F3N. The second-order valence-corrected chi connectivity index (χ2v) is 5.97. The van der Waals surface area contributed by atoms with Crippen LogP contribution >= 0.6 is 0 Å². The van der Waals surface area contributed by atoms with Gasteiger partial charge in [-0.25, -0.2) is 13.2 Å². The molecule has 0 saturated heterocycles. The summed E-state index contributed by atoms with van der Waals surface area (Å²) in [5, 5.41) is 3.34. The SMILES string of the molecule is CCCNC(c1cc(F)c(F)cc1F)C1CCCCCC1. The molecule has 0 heterocycles. The molecule has 0 aliphatic heterocycles. The maximum absolute atomic E-state index is 14.1. The van der Waals surface area contributed by atoms with Gasteiger partial charge in [-0.3, -0.25) is 0 Å². The van der Waals surface area contributed by atoms with Crippen LogP contribution in [0.15, 0.2) is 12.1 Å². The third-order valence-corrected chi connectivity index (χ3v) is 4.36. The molecule has 0 aromatic heterocycles. The van der Waals surface area contributed by atoms with E-state index in [1.807, 2.05) is 6.92 Å². The highest BCUT2D eigenvalue weighted by Crippen LogP contribution is 2.35. The molecule has 0 radical (unpaired) electrons. The summed E-state index contributed by atoms with van der Waals surface area (Å²) in [6, 6.07) is 1.48. The highest BCUT2D eigenvalue weighted by atomic mass is 19.2. The van der Waals surface area contributed by atoms with Gasteiger partial charge < -0.3 is 5.32 Å². The van der Waals surface area contributed by atoms with Crippen molar-refractivity contribution in [2.45, 2.75) is 57.9 Å². The summed E-state index contributed by atoms with van der Waals surface area (Å²) in [7, 11) is 0. The van der Waals surface area contributed by atoms with E-state index >= 15 is 0 Å². The smallest absolute Gasteiger partial charge is 0.161 e. The Morgan fingerprint density at radius 2 is 1.62 bits per heavy atom. The maximum atomic E-state index is 14.1. The van der Waals surface area contributed by atoms with Gasteiger partial charge in [-0.05, 0) is 37.8 Å². The van der Waals surface area contributed by atoms with Gasteiger partial charge in [0, 0.05) is 17.7 Å². The molecule has 0 spiro atoms. The lowest BCUT2D eigenvalue weighted by atomic mass is 9.86. The van der Waals surface area contributed by atoms with Crippen LogP contribution in [0.1, 0.15) is 63.5 Å². The van der Waals surface area contributed by atoms with E-state index in [2.05, 4.69) is 5.32 Å². The number of nitrogens with one attached hydrogen (secondary N) is 1. The van der Waals surface area contributed by atoms with E-state index in [-0.39, 0.29) is 11.6 Å². The van der Waals surface area contributed by atoms with E-state index in [0.717, 1.165) is 44.7 Å². The van der Waals surface area contributed by atoms with Crippen LogP contribution in [0.3, 0.4) is 0 Å². The van der Waals surface area contributed by atoms with Gasteiger partial charge in [0.25, 0.3) is 0 Å². The van der Waals surface area contributed by atoms with Crippen molar-refractivity contribution in [1.82, 2.24) is 5.32 Å². The second kappa shape index (κ2) is 7.83. The number of hydrogen-bond donors (Lipinski definition) is 1. The molecule has 1 aliphatic rings. The van der Waals surface area contributed by atoms with Gasteiger partial charge in [0.1, 0.15) is 5.82 Å². The molecule has 1 atom stereocenters. The summed E-state index contributed by atoms with van der Waals surface area (Å²) in [6.07, 6.45) is 7.61. The molecule has 1 unspecified atom stereocenters. The van der Waals surface area contributed by atoms with Gasteiger partial charge in [0.15, 0.2) is 11.6 Å². The molecule has 1 aromatic carbocycles. The first-order valence-corrected chi connectivity index (χ1v) is 8.01. The van der Waals surface area contributed by atoms with Crippen molar-refractivity contribution in [2.75, 3.05) is 6.54 Å². The van der Waals surface area contributed by atoms with Crippen molar-refractivity contribution in [3.8, 4) is 0 Å². The van der Waals surface area contributed by atoms with Crippen molar-refractivity contribution >= 4 is 0 Å². The summed E-state index contributed by atoms with van der Waals surface area (Å²) >= 11 is 0. The molecule has 0 amide bonds. The monoisotopic (exact) mass is 299 g/mol. The molecule has 0 bridgehead atoms. The molecule has 4 heteroatoms. The Hall–Kier alpha value is -1.03. The lowest BCUT2D eigenvalue weighted by Gasteiger charge is -2.28. The first-order chi connectivity index (χ1) is 10.1. The van der Waals surface area contributed by atoms with Crippen molar-refractivity contribution < 1.29 is 13.2 Å². The number of hydrogen-bond acceptors (Lipinski definition) is 1. The molecule has 1 saturated carbocycles. The predicted octanol–water partition coefficient (Wildman–Crippen LogP) is 5.12. The van der Waals surface area contributed by atoms with Crippen molar-refractivity contribution in [2.24, 2.45) is 5.92 Å². The van der Waals surface area contributed by atoms with Crippen molar-refractivity contribution in [3.63, 3.8) is 0 Å². The van der Waals surface area contributed by atoms with Gasteiger partial charge in [0.2, 0.25) is 0 Å². The Balaban J connectivity index is 2.27. The molecule has 1 nitrogen and oxygen atoms in total. The zero-order valence-electron chi connectivity index (χ0n) is 12.6. The van der Waals surface area contributed by atoms with Gasteiger partial charge >= 0.3 is 0 Å². The van der Waals surface area contributed by atoms with Crippen LogP contribution in [0.4, 0.5) is 13.2 Å². The van der Waals surface area contributed by atoms with Crippen molar-refractivity contribution in [3.05, 3.63) is 35.1 Å². The Kier molecular flexibility index (Phi) is 6.09. The van der Waals surface area contributed by atoms with E-state index in [1.54, 1.807) is 0 Å². The minimum Gasteiger partial charge on any atom is -0.310 e. The number of halogens is 3. The van der Waals surface area contributed by atoms with E-state index < -0.39 is 17.5 Å². The third-order valence-electron chi connectivity index (χ3n) is 4.36. The van der Waals surface area contributed by atoms with Crippen LogP contribution in [0, 0.1) is 23.4 Å². The van der Waals surface area contributed by atoms with Crippen LogP contribution in [-0.4, -0.2) is 6.54 Å². The Morgan fingerprint density at radius 3 is 2.24 bits per heavy atom. The summed E-state index contributed by atoms with van der Waals surface area (Å²) in [5.74, 6) is -2.44. The Bertz CT molecular complexity index is 454. The van der Waals surface area contributed by atoms with Gasteiger partial charge in [-0.15, -0.1) is 0 Å². The number of rotatable bonds is 5. The zero-order chi connectivity index (χ0) is 15.2. The average molecular weight is 299 g/mol. The fourth-order valence-electron chi connectivity index (χ4n) is 3.25. The van der Waals surface area contributed by atoms with Crippen LogP contribution < -0.4 is 5.32 Å². The van der Waals surface area contributed by atoms with Gasteiger partial charge in [-0.2, -0.15) is 0 Å². The van der Waals surface area contributed by atoms with E-state index in [1.165, 1.54) is 12.8 Å². The van der Waals surface area contributed by atoms with E-state index in [9.17, 15) is 13.2 Å². The summed E-state index contributed by atoms with van der Waals surface area (Å²) in [5.41, 5.74) is 0.272. The molecular weight excluding hydrogens is 275 g/mol. The van der Waals surface area contributed by atoms with Crippen molar-refractivity contribution in [1.29, 1.82) is 0 Å². The third kappa shape index (κ3) is 4.22. The second-order valence-electron chi connectivity index (χ2n) is 5.97. The molecule has 118 valence electrons. The molecule has 1 N–H and O–H groups in total. The van der Waals surface area contributed by atoms with Crippen LogP contribution in [0.2, 0.25) is 0 Å². The lowest BCUT2D eigenvalue weighted by Crippen LogP contribution is -2.30. The number of benzene rings is 1. The maximum Gasteiger partial charge on any atom is 0.161 e.